The second-order valence-corrected chi connectivity index (χ2v) is 20.0. The third-order valence-electron chi connectivity index (χ3n) is 12.2. The first kappa shape index (κ1) is 60.0. The Labute approximate surface area is 415 Å². The summed E-state index contributed by atoms with van der Waals surface area (Å²) in [5.41, 5.74) is 0.00104. The molecule has 0 bridgehead atoms. The zero-order valence-corrected chi connectivity index (χ0v) is 42.6. The fourth-order valence-electron chi connectivity index (χ4n) is 7.92. The lowest BCUT2D eigenvalue weighted by Crippen LogP contribution is -2.57. The Bertz CT molecular complexity index is 1960. The summed E-state index contributed by atoms with van der Waals surface area (Å²) >= 11 is 0. The van der Waals surface area contributed by atoms with E-state index in [0.29, 0.717) is 62.6 Å². The van der Waals surface area contributed by atoms with E-state index in [1.807, 2.05) is 30.3 Å². The molecule has 1 aliphatic heterocycles. The van der Waals surface area contributed by atoms with Crippen LogP contribution in [0.5, 0.6) is 5.75 Å². The van der Waals surface area contributed by atoms with Gasteiger partial charge < -0.3 is 35.5 Å². The largest absolute Gasteiger partial charge is 0.573 e. The second kappa shape index (κ2) is 28.6. The second-order valence-electron chi connectivity index (χ2n) is 20.0. The third-order valence-corrected chi connectivity index (χ3v) is 12.2. The number of halogens is 3. The van der Waals surface area contributed by atoms with Crippen molar-refractivity contribution in [1.29, 1.82) is 0 Å². The lowest BCUT2D eigenvalue weighted by atomic mass is 9.84. The molecule has 1 aliphatic rings. The number of hydrogen-bond donors (Lipinski definition) is 5. The number of carbonyl (C=O) groups is 6. The molecule has 3 rings (SSSR count). The highest BCUT2D eigenvalue weighted by Gasteiger charge is 2.39. The molecule has 0 aromatic heterocycles. The average molecular weight is 1010 g/mol. The van der Waals surface area contributed by atoms with Gasteiger partial charge in [0.2, 0.25) is 36.4 Å². The van der Waals surface area contributed by atoms with E-state index >= 15 is 0 Å². The van der Waals surface area contributed by atoms with Gasteiger partial charge in [0.1, 0.15) is 24.4 Å². The molecule has 1 unspecified atom stereocenters. The molecule has 1 heterocycles. The van der Waals surface area contributed by atoms with Gasteiger partial charge in [-0.3, -0.25) is 43.7 Å². The summed E-state index contributed by atoms with van der Waals surface area (Å²) in [6.45, 7) is 18.9. The van der Waals surface area contributed by atoms with Gasteiger partial charge in [0.25, 0.3) is 0 Å². The number of benzene rings is 2. The van der Waals surface area contributed by atoms with E-state index in [0.717, 1.165) is 35.8 Å². The first-order valence-corrected chi connectivity index (χ1v) is 24.1. The summed E-state index contributed by atoms with van der Waals surface area (Å²) in [6, 6.07) is 10.8. The van der Waals surface area contributed by atoms with E-state index < -0.39 is 88.7 Å². The topological polar surface area (TPSA) is 217 Å². The van der Waals surface area contributed by atoms with Crippen LogP contribution in [-0.4, -0.2) is 152 Å². The summed E-state index contributed by atoms with van der Waals surface area (Å²) < 4.78 is 54.0. The SMILES string of the molecule is CC(CON(C=O)[C@@H](C)[C@@H](Cc1ccc(OC(F)(F)F)cc1)C(=O)N[C@H](C(=O)NCCN1CCOCC1)C(C)(C)C)OCCNC(=O)[C@@H](NC(=O)[C@H](CCCc1ccccc1)[C@H](C)N(O)C=O)C(C)(C)C. The monoisotopic (exact) mass is 1010 g/mol. The lowest BCUT2D eigenvalue weighted by molar-refractivity contribution is -0.274. The Hall–Kier alpha value is -5.35. The molecule has 0 spiro atoms. The Morgan fingerprint density at radius 3 is 1.86 bits per heavy atom. The smallest absolute Gasteiger partial charge is 0.406 e. The Morgan fingerprint density at radius 1 is 0.761 bits per heavy atom. The predicted octanol–water partition coefficient (Wildman–Crippen LogP) is 4.43. The van der Waals surface area contributed by atoms with Crippen LogP contribution in [0.3, 0.4) is 0 Å². The van der Waals surface area contributed by atoms with E-state index in [2.05, 4.69) is 30.9 Å². The molecule has 21 heteroatoms. The number of nitrogens with zero attached hydrogens (tertiary/aromatic N) is 3. The summed E-state index contributed by atoms with van der Waals surface area (Å²) in [7, 11) is 0. The molecule has 1 fully saturated rings. The minimum atomic E-state index is -4.91. The first-order chi connectivity index (χ1) is 33.3. The summed E-state index contributed by atoms with van der Waals surface area (Å²) in [4.78, 5) is 87.3. The number of aryl methyl sites for hydroxylation is 1. The van der Waals surface area contributed by atoms with E-state index in [1.165, 1.54) is 12.1 Å². The molecule has 6 amide bonds. The summed E-state index contributed by atoms with van der Waals surface area (Å²) in [6.07, 6.45) is -3.42. The van der Waals surface area contributed by atoms with Crippen molar-refractivity contribution in [3.8, 4) is 5.75 Å². The van der Waals surface area contributed by atoms with Gasteiger partial charge in [0.05, 0.1) is 49.8 Å². The van der Waals surface area contributed by atoms with Crippen molar-refractivity contribution in [2.24, 2.45) is 22.7 Å². The normalized spacial score (nSPS) is 16.5. The summed E-state index contributed by atoms with van der Waals surface area (Å²) in [5.74, 6) is -4.38. The Morgan fingerprint density at radius 2 is 1.32 bits per heavy atom. The van der Waals surface area contributed by atoms with Crippen LogP contribution in [0.4, 0.5) is 13.2 Å². The van der Waals surface area contributed by atoms with Crippen LogP contribution >= 0.6 is 0 Å². The van der Waals surface area contributed by atoms with Gasteiger partial charge in [-0.2, -0.15) is 0 Å². The van der Waals surface area contributed by atoms with Crippen LogP contribution in [-0.2, 0) is 55.9 Å². The summed E-state index contributed by atoms with van der Waals surface area (Å²) in [5, 5.41) is 23.0. The molecule has 7 atom stereocenters. The molecule has 2 aromatic rings. The fourth-order valence-corrected chi connectivity index (χ4v) is 7.92. The van der Waals surface area contributed by atoms with E-state index in [1.54, 1.807) is 62.3 Å². The van der Waals surface area contributed by atoms with Crippen molar-refractivity contribution in [2.45, 2.75) is 125 Å². The molecule has 2 aromatic carbocycles. The van der Waals surface area contributed by atoms with Gasteiger partial charge in [0, 0.05) is 32.7 Å². The quantitative estimate of drug-likeness (QED) is 0.0331. The van der Waals surface area contributed by atoms with Crippen molar-refractivity contribution < 1.29 is 66.2 Å². The highest BCUT2D eigenvalue weighted by atomic mass is 19.4. The molecular formula is C50H76F3N7O11. The molecule has 18 nitrogen and oxygen atoms in total. The molecule has 398 valence electrons. The minimum Gasteiger partial charge on any atom is -0.406 e. The van der Waals surface area contributed by atoms with Gasteiger partial charge in [-0.1, -0.05) is 84.0 Å². The highest BCUT2D eigenvalue weighted by Crippen LogP contribution is 2.27. The van der Waals surface area contributed by atoms with E-state index in [4.69, 9.17) is 14.3 Å². The fraction of sp³-hybridized carbons (Fsp3) is 0.640. The van der Waals surface area contributed by atoms with Gasteiger partial charge in [0.15, 0.2) is 0 Å². The maximum absolute atomic E-state index is 14.3. The molecule has 1 saturated heterocycles. The van der Waals surface area contributed by atoms with Crippen LogP contribution in [0.15, 0.2) is 54.6 Å². The minimum absolute atomic E-state index is 0.00253. The number of morpholine rings is 1. The first-order valence-electron chi connectivity index (χ1n) is 24.1. The third kappa shape index (κ3) is 21.1. The van der Waals surface area contributed by atoms with E-state index in [-0.39, 0.29) is 32.6 Å². The molecule has 5 N–H and O–H groups in total. The van der Waals surface area contributed by atoms with Crippen molar-refractivity contribution in [3.05, 3.63) is 65.7 Å². The van der Waals surface area contributed by atoms with Gasteiger partial charge in [-0.15, -0.1) is 13.2 Å². The highest BCUT2D eigenvalue weighted by molar-refractivity contribution is 5.90. The number of rotatable bonds is 29. The van der Waals surface area contributed by atoms with Crippen molar-refractivity contribution in [3.63, 3.8) is 0 Å². The number of ether oxygens (including phenoxy) is 3. The van der Waals surface area contributed by atoms with Crippen molar-refractivity contribution >= 4 is 36.4 Å². The number of hydroxylamine groups is 4. The van der Waals surface area contributed by atoms with Gasteiger partial charge in [-0.05, 0) is 80.5 Å². The molecule has 0 radical (unpaired) electrons. The number of hydrogen-bond acceptors (Lipinski definition) is 12. The van der Waals surface area contributed by atoms with Crippen LogP contribution in [0.1, 0.15) is 86.3 Å². The standard InChI is InChI=1S/C50H76F3N7O11/c1-34(69-27-23-55-47(66)43(49(7,8)9)56-44(63)40(35(2)59(67)32-61)17-13-16-37-14-11-10-12-15-37)31-70-60(33-62)36(3)41(30-38-18-20-39(21-19-38)71-50(51,52)53)45(64)57-42(48(4,5)6)46(65)54-22-24-58-25-28-68-29-26-58/h10-12,14-15,18-21,32-36,40-43,67H,13,16-17,22-31H2,1-9H3,(H,54,65)(H,55,66)(H,56,63)(H,57,64)/t34?,35-,36-,40+,41+,42+,43+/m0/s1. The molecule has 0 aliphatic carbocycles. The maximum Gasteiger partial charge on any atom is 0.573 e. The Balaban J connectivity index is 1.66. The van der Waals surface area contributed by atoms with Crippen LogP contribution in [0.25, 0.3) is 0 Å². The maximum atomic E-state index is 14.3. The lowest BCUT2D eigenvalue weighted by Gasteiger charge is -2.35. The van der Waals surface area contributed by atoms with Crippen molar-refractivity contribution in [2.75, 3.05) is 59.2 Å². The van der Waals surface area contributed by atoms with Crippen LogP contribution in [0.2, 0.25) is 0 Å². The number of alkyl halides is 3. The molecule has 0 saturated carbocycles. The van der Waals surface area contributed by atoms with Crippen LogP contribution < -0.4 is 26.0 Å². The molecule has 71 heavy (non-hydrogen) atoms. The van der Waals surface area contributed by atoms with Crippen molar-refractivity contribution in [1.82, 2.24) is 36.3 Å². The van der Waals surface area contributed by atoms with Gasteiger partial charge >= 0.3 is 6.36 Å². The number of amides is 6. The van der Waals surface area contributed by atoms with Gasteiger partial charge in [-0.25, -0.2) is 10.1 Å². The molecular weight excluding hydrogens is 932 g/mol. The Kier molecular flexibility index (Phi) is 24.2. The van der Waals surface area contributed by atoms with E-state index in [9.17, 15) is 47.1 Å². The predicted molar refractivity (Wildman–Crippen MR) is 257 cm³/mol. The average Bonchev–Trinajstić information content (AvgIpc) is 3.31. The van der Waals surface area contributed by atoms with Crippen LogP contribution in [0, 0.1) is 22.7 Å². The number of nitrogens with one attached hydrogen (secondary N) is 4. The zero-order chi connectivity index (χ0) is 52.9. The number of carbonyl (C=O) groups excluding carboxylic acids is 6. The zero-order valence-electron chi connectivity index (χ0n) is 42.6.